The molecule has 0 spiro atoms. The van der Waals surface area contributed by atoms with Crippen LogP contribution in [-0.2, 0) is 4.74 Å². The Balaban J connectivity index is 1.75. The molecule has 0 saturated carbocycles. The minimum absolute atomic E-state index is 0.223. The van der Waals surface area contributed by atoms with Crippen LogP contribution < -0.4 is 5.32 Å². The fraction of sp³-hybridized carbons (Fsp3) is 0.0556. The lowest BCUT2D eigenvalue weighted by molar-refractivity contribution is 0.0600. The highest BCUT2D eigenvalue weighted by Crippen LogP contribution is 2.23. The molecule has 0 aliphatic carbocycles. The van der Waals surface area contributed by atoms with Gasteiger partial charge in [0.25, 0.3) is 5.91 Å². The van der Waals surface area contributed by atoms with Crippen LogP contribution >= 0.6 is 11.3 Å². The molecule has 0 fully saturated rings. The number of methoxy groups -OCH3 is 1. The van der Waals surface area contributed by atoms with E-state index in [0.717, 1.165) is 10.6 Å². The number of amides is 1. The number of anilines is 1. The maximum absolute atomic E-state index is 12.4. The number of hydrogen-bond acceptors (Lipinski definition) is 5. The summed E-state index contributed by atoms with van der Waals surface area (Å²) in [5.41, 5.74) is 2.48. The zero-order valence-corrected chi connectivity index (χ0v) is 13.7. The lowest BCUT2D eigenvalue weighted by Gasteiger charge is -2.07. The number of esters is 1. The van der Waals surface area contributed by atoms with E-state index in [1.807, 2.05) is 17.5 Å². The second-order valence-electron chi connectivity index (χ2n) is 4.94. The molecule has 120 valence electrons. The summed E-state index contributed by atoms with van der Waals surface area (Å²) in [6.45, 7) is 0. The number of nitrogens with zero attached hydrogens (tertiary/aromatic N) is 1. The summed E-state index contributed by atoms with van der Waals surface area (Å²) < 4.78 is 4.64. The molecule has 6 heteroatoms. The number of hydrogen-bond donors (Lipinski definition) is 1. The Kier molecular flexibility index (Phi) is 4.67. The SMILES string of the molecule is COC(=O)c1ccc(NC(=O)c2cccc(-c3nccs3)c2)cc1. The Bertz CT molecular complexity index is 858. The van der Waals surface area contributed by atoms with Gasteiger partial charge < -0.3 is 10.1 Å². The molecule has 1 amide bonds. The fourth-order valence-corrected chi connectivity index (χ4v) is 2.81. The van der Waals surface area contributed by atoms with Crippen molar-refractivity contribution in [3.8, 4) is 10.6 Å². The van der Waals surface area contributed by atoms with Gasteiger partial charge in [-0.3, -0.25) is 4.79 Å². The summed E-state index contributed by atoms with van der Waals surface area (Å²) in [7, 11) is 1.33. The van der Waals surface area contributed by atoms with Crippen LogP contribution in [0.5, 0.6) is 0 Å². The van der Waals surface area contributed by atoms with Crippen LogP contribution in [-0.4, -0.2) is 24.0 Å². The van der Waals surface area contributed by atoms with E-state index in [-0.39, 0.29) is 5.91 Å². The van der Waals surface area contributed by atoms with Crippen molar-refractivity contribution < 1.29 is 14.3 Å². The second-order valence-corrected chi connectivity index (χ2v) is 5.84. The summed E-state index contributed by atoms with van der Waals surface area (Å²) in [6.07, 6.45) is 1.73. The van der Waals surface area contributed by atoms with Crippen molar-refractivity contribution in [1.29, 1.82) is 0 Å². The Hall–Kier alpha value is -2.99. The quantitative estimate of drug-likeness (QED) is 0.734. The van der Waals surface area contributed by atoms with E-state index >= 15 is 0 Å². The van der Waals surface area contributed by atoms with Crippen LogP contribution in [0.3, 0.4) is 0 Å². The molecule has 0 atom stereocenters. The number of nitrogens with one attached hydrogen (secondary N) is 1. The monoisotopic (exact) mass is 338 g/mol. The first-order valence-electron chi connectivity index (χ1n) is 7.17. The Labute approximate surface area is 142 Å². The molecule has 3 rings (SSSR count). The van der Waals surface area contributed by atoms with Crippen LogP contribution in [0, 0.1) is 0 Å². The van der Waals surface area contributed by atoms with Gasteiger partial charge >= 0.3 is 5.97 Å². The van der Waals surface area contributed by atoms with Crippen molar-refractivity contribution in [2.75, 3.05) is 12.4 Å². The van der Waals surface area contributed by atoms with Gasteiger partial charge in [0.2, 0.25) is 0 Å². The van der Waals surface area contributed by atoms with Gasteiger partial charge in [-0.25, -0.2) is 9.78 Å². The van der Waals surface area contributed by atoms with Crippen LogP contribution in [0.4, 0.5) is 5.69 Å². The summed E-state index contributed by atoms with van der Waals surface area (Å²) in [6, 6.07) is 13.8. The number of ether oxygens (including phenoxy) is 1. The van der Waals surface area contributed by atoms with Crippen LogP contribution in [0.25, 0.3) is 10.6 Å². The van der Waals surface area contributed by atoms with Crippen molar-refractivity contribution in [2.24, 2.45) is 0 Å². The summed E-state index contributed by atoms with van der Waals surface area (Å²) in [4.78, 5) is 28.0. The summed E-state index contributed by atoms with van der Waals surface area (Å²) in [5, 5.41) is 5.57. The minimum Gasteiger partial charge on any atom is -0.465 e. The molecule has 2 aromatic carbocycles. The van der Waals surface area contributed by atoms with Gasteiger partial charge in [-0.05, 0) is 36.4 Å². The van der Waals surface area contributed by atoms with E-state index in [1.54, 1.807) is 42.6 Å². The molecular weight excluding hydrogens is 324 g/mol. The molecule has 1 heterocycles. The van der Waals surface area contributed by atoms with E-state index in [1.165, 1.54) is 18.4 Å². The summed E-state index contributed by atoms with van der Waals surface area (Å²) in [5.74, 6) is -0.636. The standard InChI is InChI=1S/C18H14N2O3S/c1-23-18(22)12-5-7-15(8-6-12)20-16(21)13-3-2-4-14(11-13)17-19-9-10-24-17/h2-11H,1H3,(H,20,21). The highest BCUT2D eigenvalue weighted by Gasteiger charge is 2.10. The molecule has 0 saturated heterocycles. The maximum Gasteiger partial charge on any atom is 0.337 e. The highest BCUT2D eigenvalue weighted by molar-refractivity contribution is 7.13. The minimum atomic E-state index is -0.413. The maximum atomic E-state index is 12.4. The molecule has 1 aromatic heterocycles. The molecule has 0 bridgehead atoms. The number of benzene rings is 2. The topological polar surface area (TPSA) is 68.3 Å². The molecular formula is C18H14N2O3S. The van der Waals surface area contributed by atoms with E-state index in [2.05, 4.69) is 15.0 Å². The van der Waals surface area contributed by atoms with E-state index in [0.29, 0.717) is 16.8 Å². The molecule has 5 nitrogen and oxygen atoms in total. The third kappa shape index (κ3) is 3.49. The van der Waals surface area contributed by atoms with Crippen molar-refractivity contribution in [3.63, 3.8) is 0 Å². The van der Waals surface area contributed by atoms with Gasteiger partial charge in [0.15, 0.2) is 0 Å². The van der Waals surface area contributed by atoms with Gasteiger partial charge in [-0.1, -0.05) is 12.1 Å². The predicted octanol–water partition coefficient (Wildman–Crippen LogP) is 3.85. The van der Waals surface area contributed by atoms with Gasteiger partial charge in [-0.2, -0.15) is 0 Å². The molecule has 3 aromatic rings. The first-order valence-corrected chi connectivity index (χ1v) is 8.05. The van der Waals surface area contributed by atoms with Crippen molar-refractivity contribution in [3.05, 3.63) is 71.2 Å². The Morgan fingerprint density at radius 1 is 1.08 bits per heavy atom. The average molecular weight is 338 g/mol. The zero-order chi connectivity index (χ0) is 16.9. The number of carbonyl (C=O) groups is 2. The van der Waals surface area contributed by atoms with Gasteiger partial charge in [0.05, 0.1) is 12.7 Å². The molecule has 0 radical (unpaired) electrons. The number of rotatable bonds is 4. The van der Waals surface area contributed by atoms with Gasteiger partial charge in [0.1, 0.15) is 5.01 Å². The first-order chi connectivity index (χ1) is 11.7. The van der Waals surface area contributed by atoms with Crippen LogP contribution in [0.15, 0.2) is 60.1 Å². The third-order valence-electron chi connectivity index (χ3n) is 3.37. The van der Waals surface area contributed by atoms with Crippen LogP contribution in [0.1, 0.15) is 20.7 Å². The Morgan fingerprint density at radius 2 is 1.88 bits per heavy atom. The van der Waals surface area contributed by atoms with Crippen molar-refractivity contribution >= 4 is 28.9 Å². The van der Waals surface area contributed by atoms with E-state index in [9.17, 15) is 9.59 Å². The average Bonchev–Trinajstić information content (AvgIpc) is 3.16. The normalized spacial score (nSPS) is 10.2. The predicted molar refractivity (Wildman–Crippen MR) is 93.3 cm³/mol. The lowest BCUT2D eigenvalue weighted by Crippen LogP contribution is -2.12. The van der Waals surface area contributed by atoms with E-state index < -0.39 is 5.97 Å². The smallest absolute Gasteiger partial charge is 0.337 e. The third-order valence-corrected chi connectivity index (χ3v) is 4.19. The molecule has 0 aliphatic rings. The molecule has 0 aliphatic heterocycles. The number of aromatic nitrogens is 1. The molecule has 24 heavy (non-hydrogen) atoms. The first kappa shape index (κ1) is 15.9. The largest absolute Gasteiger partial charge is 0.465 e. The molecule has 1 N–H and O–H groups in total. The van der Waals surface area contributed by atoms with Crippen molar-refractivity contribution in [2.45, 2.75) is 0 Å². The number of carbonyl (C=O) groups excluding carboxylic acids is 2. The second kappa shape index (κ2) is 7.06. The lowest BCUT2D eigenvalue weighted by atomic mass is 10.1. The van der Waals surface area contributed by atoms with Gasteiger partial charge in [-0.15, -0.1) is 11.3 Å². The zero-order valence-electron chi connectivity index (χ0n) is 12.9. The Morgan fingerprint density at radius 3 is 2.54 bits per heavy atom. The number of thiazole rings is 1. The highest BCUT2D eigenvalue weighted by atomic mass is 32.1. The molecule has 0 unspecified atom stereocenters. The summed E-state index contributed by atoms with van der Waals surface area (Å²) >= 11 is 1.52. The van der Waals surface area contributed by atoms with Gasteiger partial charge in [0, 0.05) is 28.4 Å². The van der Waals surface area contributed by atoms with E-state index in [4.69, 9.17) is 0 Å². The fourth-order valence-electron chi connectivity index (χ4n) is 2.17. The van der Waals surface area contributed by atoms with Crippen molar-refractivity contribution in [1.82, 2.24) is 4.98 Å². The van der Waals surface area contributed by atoms with Crippen LogP contribution in [0.2, 0.25) is 0 Å².